The molecule has 4 rings (SSSR count). The van der Waals surface area contributed by atoms with E-state index in [1.54, 1.807) is 0 Å². The first-order valence-electron chi connectivity index (χ1n) is 12.3. The Labute approximate surface area is 201 Å². The number of aryl methyl sites for hydroxylation is 2. The SMILES string of the molecule is CCN(CC1CCCC1)c1nc2c(cc1CNCc1cc(C(F)(F)F)cc(C(F)(F)F)c1)CCC2. The predicted molar refractivity (Wildman–Crippen MR) is 123 cm³/mol. The Balaban J connectivity index is 1.55. The van der Waals surface area contributed by atoms with Gasteiger partial charge in [0.15, 0.2) is 0 Å². The molecule has 2 aliphatic rings. The molecule has 2 aromatic rings. The summed E-state index contributed by atoms with van der Waals surface area (Å²) in [7, 11) is 0. The van der Waals surface area contributed by atoms with Crippen LogP contribution < -0.4 is 10.2 Å². The van der Waals surface area contributed by atoms with Crippen molar-refractivity contribution in [2.45, 2.75) is 77.3 Å². The number of aromatic nitrogens is 1. The molecule has 0 saturated heterocycles. The summed E-state index contributed by atoms with van der Waals surface area (Å²) >= 11 is 0. The summed E-state index contributed by atoms with van der Waals surface area (Å²) in [5.74, 6) is 1.50. The van der Waals surface area contributed by atoms with Crippen LogP contribution in [0.15, 0.2) is 24.3 Å². The summed E-state index contributed by atoms with van der Waals surface area (Å²) in [5, 5.41) is 3.08. The van der Waals surface area contributed by atoms with Gasteiger partial charge in [0, 0.05) is 37.4 Å². The maximum Gasteiger partial charge on any atom is 0.416 e. The van der Waals surface area contributed by atoms with E-state index in [0.717, 1.165) is 61.6 Å². The van der Waals surface area contributed by atoms with Gasteiger partial charge in [-0.2, -0.15) is 26.3 Å². The molecule has 1 aromatic heterocycles. The van der Waals surface area contributed by atoms with Gasteiger partial charge in [0.25, 0.3) is 0 Å². The minimum Gasteiger partial charge on any atom is -0.356 e. The van der Waals surface area contributed by atoms with Gasteiger partial charge in [-0.25, -0.2) is 4.98 Å². The minimum atomic E-state index is -4.85. The third-order valence-corrected chi connectivity index (χ3v) is 7.03. The highest BCUT2D eigenvalue weighted by molar-refractivity contribution is 5.51. The van der Waals surface area contributed by atoms with Gasteiger partial charge < -0.3 is 10.2 Å². The highest BCUT2D eigenvalue weighted by Crippen LogP contribution is 2.36. The molecular weight excluding hydrogens is 468 g/mol. The van der Waals surface area contributed by atoms with E-state index >= 15 is 0 Å². The number of anilines is 1. The Morgan fingerprint density at radius 3 is 2.14 bits per heavy atom. The third kappa shape index (κ3) is 6.29. The zero-order valence-electron chi connectivity index (χ0n) is 19.8. The fourth-order valence-corrected chi connectivity index (χ4v) is 5.25. The van der Waals surface area contributed by atoms with Crippen LogP contribution in [0, 0.1) is 5.92 Å². The lowest BCUT2D eigenvalue weighted by Crippen LogP contribution is -2.31. The lowest BCUT2D eigenvalue weighted by molar-refractivity contribution is -0.143. The number of nitrogens with one attached hydrogen (secondary N) is 1. The maximum absolute atomic E-state index is 13.2. The normalized spacial score (nSPS) is 16.7. The van der Waals surface area contributed by atoms with E-state index in [2.05, 4.69) is 23.2 Å². The number of hydrogen-bond acceptors (Lipinski definition) is 3. The summed E-state index contributed by atoms with van der Waals surface area (Å²) in [5.41, 5.74) is 0.576. The summed E-state index contributed by atoms with van der Waals surface area (Å²) in [6.07, 6.45) is -1.91. The van der Waals surface area contributed by atoms with Gasteiger partial charge in [0.2, 0.25) is 0 Å². The van der Waals surface area contributed by atoms with Gasteiger partial charge >= 0.3 is 12.4 Å². The lowest BCUT2D eigenvalue weighted by Gasteiger charge is -2.28. The van der Waals surface area contributed by atoms with Crippen molar-refractivity contribution in [3.05, 3.63) is 57.8 Å². The van der Waals surface area contributed by atoms with Crippen LogP contribution in [0.4, 0.5) is 32.2 Å². The third-order valence-electron chi connectivity index (χ3n) is 7.03. The number of halogens is 6. The van der Waals surface area contributed by atoms with Crippen LogP contribution in [-0.2, 0) is 38.3 Å². The molecule has 0 aliphatic heterocycles. The zero-order valence-corrected chi connectivity index (χ0v) is 19.8. The van der Waals surface area contributed by atoms with Crippen molar-refractivity contribution in [3.8, 4) is 0 Å². The first kappa shape index (κ1) is 25.8. The molecule has 0 amide bonds. The Hall–Kier alpha value is -2.29. The number of rotatable bonds is 8. The average Bonchev–Trinajstić information content (AvgIpc) is 3.47. The first-order chi connectivity index (χ1) is 16.5. The van der Waals surface area contributed by atoms with Gasteiger partial charge in [0.05, 0.1) is 11.1 Å². The predicted octanol–water partition coefficient (Wildman–Crippen LogP) is 6.91. The van der Waals surface area contributed by atoms with Gasteiger partial charge in [-0.1, -0.05) is 12.8 Å². The molecular formula is C26H31F6N3. The van der Waals surface area contributed by atoms with E-state index in [1.807, 2.05) is 0 Å². The Morgan fingerprint density at radius 1 is 0.886 bits per heavy atom. The quantitative estimate of drug-likeness (QED) is 0.400. The molecule has 0 unspecified atom stereocenters. The molecule has 0 atom stereocenters. The average molecular weight is 500 g/mol. The van der Waals surface area contributed by atoms with Crippen LogP contribution in [0.2, 0.25) is 0 Å². The van der Waals surface area contributed by atoms with Crippen LogP contribution in [-0.4, -0.2) is 18.1 Å². The van der Waals surface area contributed by atoms with Crippen molar-refractivity contribution < 1.29 is 26.3 Å². The second kappa shape index (κ2) is 10.4. The highest BCUT2D eigenvalue weighted by Gasteiger charge is 2.36. The molecule has 35 heavy (non-hydrogen) atoms. The summed E-state index contributed by atoms with van der Waals surface area (Å²) in [6.45, 7) is 3.99. The molecule has 0 spiro atoms. The first-order valence-corrected chi connectivity index (χ1v) is 12.3. The monoisotopic (exact) mass is 499 g/mol. The van der Waals surface area contributed by atoms with E-state index < -0.39 is 23.5 Å². The number of hydrogen-bond donors (Lipinski definition) is 1. The van der Waals surface area contributed by atoms with Crippen molar-refractivity contribution in [3.63, 3.8) is 0 Å². The minimum absolute atomic E-state index is 0.0545. The molecule has 1 fully saturated rings. The van der Waals surface area contributed by atoms with Gasteiger partial charge in [-0.05, 0) is 80.3 Å². The van der Waals surface area contributed by atoms with E-state index in [1.165, 1.54) is 31.2 Å². The summed E-state index contributed by atoms with van der Waals surface area (Å²) in [4.78, 5) is 7.25. The van der Waals surface area contributed by atoms with Crippen molar-refractivity contribution in [2.75, 3.05) is 18.0 Å². The molecule has 2 aliphatic carbocycles. The Bertz CT molecular complexity index is 993. The number of pyridine rings is 1. The van der Waals surface area contributed by atoms with Crippen LogP contribution in [0.25, 0.3) is 0 Å². The Morgan fingerprint density at radius 2 is 1.54 bits per heavy atom. The fourth-order valence-electron chi connectivity index (χ4n) is 5.25. The summed E-state index contributed by atoms with van der Waals surface area (Å²) < 4.78 is 79.2. The van der Waals surface area contributed by atoms with E-state index in [4.69, 9.17) is 4.98 Å². The second-order valence-corrected chi connectivity index (χ2v) is 9.64. The number of alkyl halides is 6. The van der Waals surface area contributed by atoms with Crippen molar-refractivity contribution in [1.82, 2.24) is 10.3 Å². The van der Waals surface area contributed by atoms with Gasteiger partial charge in [0.1, 0.15) is 5.82 Å². The number of nitrogens with zero attached hydrogens (tertiary/aromatic N) is 2. The van der Waals surface area contributed by atoms with Crippen LogP contribution in [0.3, 0.4) is 0 Å². The zero-order chi connectivity index (χ0) is 25.2. The lowest BCUT2D eigenvalue weighted by atomic mass is 10.0. The summed E-state index contributed by atoms with van der Waals surface area (Å²) in [6, 6.07) is 3.83. The standard InChI is InChI=1S/C26H31F6N3/c1-2-35(16-17-6-3-4-7-17)24-20(12-19-8-5-9-23(19)34-24)15-33-14-18-10-21(25(27,28)29)13-22(11-18)26(30,31)32/h10-13,17,33H,2-9,14-16H2,1H3. The maximum atomic E-state index is 13.2. The molecule has 9 heteroatoms. The van der Waals surface area contributed by atoms with Crippen molar-refractivity contribution >= 4 is 5.82 Å². The van der Waals surface area contributed by atoms with E-state index in [-0.39, 0.29) is 18.2 Å². The van der Waals surface area contributed by atoms with Gasteiger partial charge in [-0.3, -0.25) is 0 Å². The second-order valence-electron chi connectivity index (χ2n) is 9.64. The Kier molecular flexibility index (Phi) is 7.64. The smallest absolute Gasteiger partial charge is 0.356 e. The molecule has 0 radical (unpaired) electrons. The van der Waals surface area contributed by atoms with Crippen LogP contribution in [0.1, 0.15) is 72.5 Å². The molecule has 0 bridgehead atoms. The topological polar surface area (TPSA) is 28.2 Å². The molecule has 3 nitrogen and oxygen atoms in total. The molecule has 1 aromatic carbocycles. The van der Waals surface area contributed by atoms with E-state index in [9.17, 15) is 26.3 Å². The molecule has 1 N–H and O–H groups in total. The van der Waals surface area contributed by atoms with Crippen molar-refractivity contribution in [1.29, 1.82) is 0 Å². The van der Waals surface area contributed by atoms with E-state index in [0.29, 0.717) is 12.5 Å². The highest BCUT2D eigenvalue weighted by atomic mass is 19.4. The fraction of sp³-hybridized carbons (Fsp3) is 0.577. The number of benzene rings is 1. The van der Waals surface area contributed by atoms with Crippen LogP contribution >= 0.6 is 0 Å². The van der Waals surface area contributed by atoms with Crippen LogP contribution in [0.5, 0.6) is 0 Å². The molecule has 192 valence electrons. The largest absolute Gasteiger partial charge is 0.416 e. The molecule has 1 heterocycles. The molecule has 1 saturated carbocycles. The van der Waals surface area contributed by atoms with Gasteiger partial charge in [-0.15, -0.1) is 0 Å². The van der Waals surface area contributed by atoms with Crippen molar-refractivity contribution in [2.24, 2.45) is 5.92 Å². The number of fused-ring (bicyclic) bond motifs is 1.